The summed E-state index contributed by atoms with van der Waals surface area (Å²) in [5, 5.41) is 19.0. The summed E-state index contributed by atoms with van der Waals surface area (Å²) in [5.41, 5.74) is 15.6. The summed E-state index contributed by atoms with van der Waals surface area (Å²) in [7, 11) is 0. The van der Waals surface area contributed by atoms with E-state index in [1.54, 1.807) is 0 Å². The van der Waals surface area contributed by atoms with Crippen LogP contribution >= 0.6 is 0 Å². The molecule has 0 fully saturated rings. The number of rotatable bonds is 5. The van der Waals surface area contributed by atoms with Crippen molar-refractivity contribution in [1.29, 1.82) is 0 Å². The lowest BCUT2D eigenvalue weighted by molar-refractivity contribution is 0.669. The maximum atomic E-state index is 6.84. The zero-order valence-corrected chi connectivity index (χ0v) is 40.1. The highest BCUT2D eigenvalue weighted by atomic mass is 16.3. The van der Waals surface area contributed by atoms with E-state index in [9.17, 15) is 0 Å². The highest BCUT2D eigenvalue weighted by Gasteiger charge is 2.24. The first kappa shape index (κ1) is 40.9. The highest BCUT2D eigenvalue weighted by Crippen LogP contribution is 2.50. The Kier molecular flexibility index (Phi) is 8.78. The average Bonchev–Trinajstić information content (AvgIpc) is 4.06. The molecule has 0 aliphatic rings. The molecule has 0 saturated carbocycles. The zero-order valence-electron chi connectivity index (χ0n) is 40.1. The van der Waals surface area contributed by atoms with Crippen molar-refractivity contribution >= 4 is 109 Å². The second-order valence-electron chi connectivity index (χ2n) is 19.8. The number of fused-ring (bicyclic) bond motifs is 12. The molecule has 16 rings (SSSR count). The molecule has 0 radical (unpaired) electrons. The van der Waals surface area contributed by atoms with Crippen molar-refractivity contribution in [2.45, 2.75) is 0 Å². The second-order valence-corrected chi connectivity index (χ2v) is 19.8. The highest BCUT2D eigenvalue weighted by molar-refractivity contribution is 6.28. The minimum atomic E-state index is 0.866. The third kappa shape index (κ3) is 6.00. The average molecular weight is 939 g/mol. The quantitative estimate of drug-likeness (QED) is 0.161. The molecule has 0 aliphatic carbocycles. The molecule has 74 heavy (non-hydrogen) atoms. The summed E-state index contributed by atoms with van der Waals surface area (Å²) in [5.74, 6) is 0. The van der Waals surface area contributed by atoms with Gasteiger partial charge < -0.3 is 8.83 Å². The Hall–Kier alpha value is -9.76. The standard InChI is InChI=1S/C72H42O2/c1-2-17-43(18-3-1)48-35-36-59(50-22-7-6-21-49(48)50)70-55-27-12-8-23-51(55)69(52-24-9-13-28-56(52)70)47-34-38-65-63(41-47)72-60(31-16-32-66(72)73-65)71-57-29-14-10-25-53(57)68(54-26-11-15-30-58(54)71)46-33-37-64-61(40-46)62-39-44-19-4-5-20-45(44)42-67(62)74-64/h1-42H. The van der Waals surface area contributed by atoms with Gasteiger partial charge in [-0.25, -0.2) is 0 Å². The van der Waals surface area contributed by atoms with Gasteiger partial charge in [-0.05, 0) is 163 Å². The Labute approximate surface area is 425 Å². The monoisotopic (exact) mass is 938 g/mol. The van der Waals surface area contributed by atoms with Crippen molar-refractivity contribution in [2.75, 3.05) is 0 Å². The Morgan fingerprint density at radius 3 is 1.19 bits per heavy atom. The van der Waals surface area contributed by atoms with Crippen molar-refractivity contribution < 1.29 is 8.83 Å². The van der Waals surface area contributed by atoms with Gasteiger partial charge in [0, 0.05) is 21.5 Å². The van der Waals surface area contributed by atoms with Gasteiger partial charge in [-0.2, -0.15) is 0 Å². The van der Waals surface area contributed by atoms with Crippen LogP contribution in [0.4, 0.5) is 0 Å². The lowest BCUT2D eigenvalue weighted by Gasteiger charge is -2.20. The first-order valence-electron chi connectivity index (χ1n) is 25.5. The van der Waals surface area contributed by atoms with Crippen LogP contribution in [0.5, 0.6) is 0 Å². The summed E-state index contributed by atoms with van der Waals surface area (Å²) in [6, 6.07) is 93.1. The summed E-state index contributed by atoms with van der Waals surface area (Å²) in [6.07, 6.45) is 0. The van der Waals surface area contributed by atoms with Crippen LogP contribution < -0.4 is 0 Å². The molecule has 2 heteroatoms. The topological polar surface area (TPSA) is 26.3 Å². The Bertz CT molecular complexity index is 4900. The Morgan fingerprint density at radius 2 is 0.608 bits per heavy atom. The van der Waals surface area contributed by atoms with E-state index in [2.05, 4.69) is 255 Å². The van der Waals surface area contributed by atoms with Crippen molar-refractivity contribution in [1.82, 2.24) is 0 Å². The first-order chi connectivity index (χ1) is 36.7. The minimum absolute atomic E-state index is 0.866. The summed E-state index contributed by atoms with van der Waals surface area (Å²) >= 11 is 0. The van der Waals surface area contributed by atoms with E-state index in [0.29, 0.717) is 0 Å². The van der Waals surface area contributed by atoms with Gasteiger partial charge in [-0.1, -0.05) is 212 Å². The van der Waals surface area contributed by atoms with Gasteiger partial charge >= 0.3 is 0 Å². The second kappa shape index (κ2) is 15.9. The third-order valence-electron chi connectivity index (χ3n) is 15.8. The van der Waals surface area contributed by atoms with E-state index in [0.717, 1.165) is 60.6 Å². The first-order valence-corrected chi connectivity index (χ1v) is 25.5. The number of benzene rings is 14. The molecule has 16 aromatic rings. The fraction of sp³-hybridized carbons (Fsp3) is 0. The van der Waals surface area contributed by atoms with Gasteiger partial charge in [0.25, 0.3) is 0 Å². The molecule has 0 saturated heterocycles. The number of hydrogen-bond donors (Lipinski definition) is 0. The van der Waals surface area contributed by atoms with Crippen molar-refractivity contribution in [3.8, 4) is 55.6 Å². The Balaban J connectivity index is 0.914. The van der Waals surface area contributed by atoms with Crippen LogP contribution in [0.15, 0.2) is 264 Å². The molecular formula is C72H42O2. The predicted molar refractivity (Wildman–Crippen MR) is 313 cm³/mol. The van der Waals surface area contributed by atoms with Crippen molar-refractivity contribution in [3.63, 3.8) is 0 Å². The smallest absolute Gasteiger partial charge is 0.136 e. The van der Waals surface area contributed by atoms with Crippen LogP contribution in [-0.2, 0) is 0 Å². The lowest BCUT2D eigenvalue weighted by atomic mass is 9.83. The molecule has 0 N–H and O–H groups in total. The summed E-state index contributed by atoms with van der Waals surface area (Å²) in [6.45, 7) is 0. The SMILES string of the molecule is c1ccc(-c2ccc(-c3c4ccccc4c(-c4ccc5oc6cccc(-c7c8ccccc8c(-c8ccc9oc%10cc%11ccccc%11cc%10c9c8)c8ccccc78)c6c5c4)c4ccccc34)c3ccccc23)cc1. The van der Waals surface area contributed by atoms with E-state index < -0.39 is 0 Å². The van der Waals surface area contributed by atoms with Crippen LogP contribution in [0.2, 0.25) is 0 Å². The van der Waals surface area contributed by atoms with E-state index in [1.165, 1.54) is 104 Å². The largest absolute Gasteiger partial charge is 0.456 e. The number of hydrogen-bond acceptors (Lipinski definition) is 2. The third-order valence-corrected chi connectivity index (χ3v) is 15.8. The van der Waals surface area contributed by atoms with Gasteiger partial charge in [-0.15, -0.1) is 0 Å². The molecular weight excluding hydrogens is 897 g/mol. The molecule has 0 bridgehead atoms. The maximum Gasteiger partial charge on any atom is 0.136 e. The van der Waals surface area contributed by atoms with Crippen LogP contribution in [0.1, 0.15) is 0 Å². The molecule has 2 nitrogen and oxygen atoms in total. The normalized spacial score (nSPS) is 12.1. The lowest BCUT2D eigenvalue weighted by Crippen LogP contribution is -1.92. The van der Waals surface area contributed by atoms with E-state index in [-0.39, 0.29) is 0 Å². The van der Waals surface area contributed by atoms with E-state index in [4.69, 9.17) is 8.83 Å². The summed E-state index contributed by atoms with van der Waals surface area (Å²) < 4.78 is 13.3. The summed E-state index contributed by atoms with van der Waals surface area (Å²) in [4.78, 5) is 0. The zero-order chi connectivity index (χ0) is 48.4. The molecule has 0 unspecified atom stereocenters. The fourth-order valence-corrected chi connectivity index (χ4v) is 12.7. The van der Waals surface area contributed by atoms with Gasteiger partial charge in [-0.3, -0.25) is 0 Å². The Morgan fingerprint density at radius 1 is 0.189 bits per heavy atom. The molecule has 2 aromatic heterocycles. The van der Waals surface area contributed by atoms with E-state index >= 15 is 0 Å². The minimum Gasteiger partial charge on any atom is -0.456 e. The van der Waals surface area contributed by atoms with Gasteiger partial charge in [0.05, 0.1) is 0 Å². The molecule has 2 heterocycles. The molecule has 0 aliphatic heterocycles. The van der Waals surface area contributed by atoms with Crippen molar-refractivity contribution in [2.24, 2.45) is 0 Å². The molecule has 342 valence electrons. The van der Waals surface area contributed by atoms with Crippen LogP contribution in [-0.4, -0.2) is 0 Å². The molecule has 0 spiro atoms. The van der Waals surface area contributed by atoms with Gasteiger partial charge in [0.2, 0.25) is 0 Å². The predicted octanol–water partition coefficient (Wildman–Crippen LogP) is 20.7. The molecule has 0 amide bonds. The molecule has 0 atom stereocenters. The van der Waals surface area contributed by atoms with Crippen LogP contribution in [0.3, 0.4) is 0 Å². The van der Waals surface area contributed by atoms with Crippen LogP contribution in [0.25, 0.3) is 164 Å². The maximum absolute atomic E-state index is 6.84. The molecule has 14 aromatic carbocycles. The van der Waals surface area contributed by atoms with Gasteiger partial charge in [0.15, 0.2) is 0 Å². The fourth-order valence-electron chi connectivity index (χ4n) is 12.7. The number of furan rings is 2. The van der Waals surface area contributed by atoms with Gasteiger partial charge in [0.1, 0.15) is 22.3 Å². The van der Waals surface area contributed by atoms with E-state index in [1.807, 2.05) is 0 Å². The van der Waals surface area contributed by atoms with Crippen LogP contribution in [0, 0.1) is 0 Å². The van der Waals surface area contributed by atoms with Crippen molar-refractivity contribution in [3.05, 3.63) is 255 Å².